The topological polar surface area (TPSA) is 91.5 Å². The monoisotopic (exact) mass is 278 g/mol. The van der Waals surface area contributed by atoms with Crippen LogP contribution in [0.25, 0.3) is 10.9 Å². The molecule has 0 aliphatic rings. The Kier molecular flexibility index (Phi) is 3.09. The molecule has 0 unspecified atom stereocenters. The van der Waals surface area contributed by atoms with Crippen molar-refractivity contribution in [1.82, 2.24) is 14.5 Å². The predicted molar refractivity (Wildman–Crippen MR) is 76.9 cm³/mol. The SMILES string of the molecule is N#Cc1cc2c(=O)n(Cc3cccnc3)ccc2[nH]c1=O. The first-order chi connectivity index (χ1) is 10.2. The van der Waals surface area contributed by atoms with E-state index in [0.29, 0.717) is 17.4 Å². The zero-order chi connectivity index (χ0) is 14.8. The highest BCUT2D eigenvalue weighted by molar-refractivity contribution is 5.78. The summed E-state index contributed by atoms with van der Waals surface area (Å²) in [7, 11) is 0. The van der Waals surface area contributed by atoms with Crippen LogP contribution in [0.3, 0.4) is 0 Å². The van der Waals surface area contributed by atoms with Crippen LogP contribution in [-0.4, -0.2) is 14.5 Å². The standard InChI is InChI=1S/C15H10N4O2/c16-7-11-6-12-13(18-14(11)20)3-5-19(15(12)21)9-10-2-1-4-17-8-10/h1-6,8H,9H2,(H,18,20). The van der Waals surface area contributed by atoms with E-state index in [4.69, 9.17) is 5.26 Å². The number of nitrogens with one attached hydrogen (secondary N) is 1. The molecule has 0 saturated carbocycles. The van der Waals surface area contributed by atoms with Crippen molar-refractivity contribution < 1.29 is 0 Å². The van der Waals surface area contributed by atoms with Gasteiger partial charge in [0.1, 0.15) is 11.6 Å². The number of fused-ring (bicyclic) bond motifs is 1. The third-order valence-electron chi connectivity index (χ3n) is 3.18. The fraction of sp³-hybridized carbons (Fsp3) is 0.0667. The lowest BCUT2D eigenvalue weighted by Crippen LogP contribution is -2.22. The number of pyridine rings is 3. The first kappa shape index (κ1) is 12.8. The van der Waals surface area contributed by atoms with Crippen LogP contribution in [0.4, 0.5) is 0 Å². The molecule has 21 heavy (non-hydrogen) atoms. The lowest BCUT2D eigenvalue weighted by Gasteiger charge is -2.07. The molecule has 3 aromatic rings. The Hall–Kier alpha value is -3.20. The zero-order valence-electron chi connectivity index (χ0n) is 10.9. The molecular formula is C15H10N4O2. The molecule has 0 radical (unpaired) electrons. The van der Waals surface area contributed by atoms with Gasteiger partial charge in [-0.25, -0.2) is 0 Å². The molecule has 102 valence electrons. The predicted octanol–water partition coefficient (Wildman–Crippen LogP) is 1.00. The van der Waals surface area contributed by atoms with Gasteiger partial charge in [-0.2, -0.15) is 5.26 Å². The quantitative estimate of drug-likeness (QED) is 0.757. The molecule has 3 heterocycles. The van der Waals surface area contributed by atoms with Gasteiger partial charge in [-0.05, 0) is 23.8 Å². The minimum absolute atomic E-state index is 0.0706. The van der Waals surface area contributed by atoms with E-state index in [1.165, 1.54) is 10.6 Å². The van der Waals surface area contributed by atoms with E-state index in [2.05, 4.69) is 9.97 Å². The maximum atomic E-state index is 12.4. The van der Waals surface area contributed by atoms with Gasteiger partial charge in [-0.15, -0.1) is 0 Å². The van der Waals surface area contributed by atoms with Gasteiger partial charge in [0, 0.05) is 18.6 Å². The van der Waals surface area contributed by atoms with Crippen LogP contribution < -0.4 is 11.1 Å². The second kappa shape index (κ2) is 5.06. The Bertz CT molecular complexity index is 965. The Morgan fingerprint density at radius 1 is 1.33 bits per heavy atom. The van der Waals surface area contributed by atoms with Crippen molar-refractivity contribution >= 4 is 10.9 Å². The van der Waals surface area contributed by atoms with Crippen LogP contribution in [0.5, 0.6) is 0 Å². The molecule has 3 aromatic heterocycles. The molecule has 0 spiro atoms. The van der Waals surface area contributed by atoms with E-state index in [0.717, 1.165) is 5.56 Å². The van der Waals surface area contributed by atoms with Gasteiger partial charge in [-0.1, -0.05) is 6.07 Å². The molecule has 6 nitrogen and oxygen atoms in total. The van der Waals surface area contributed by atoms with Crippen molar-refractivity contribution in [3.8, 4) is 6.07 Å². The van der Waals surface area contributed by atoms with Crippen LogP contribution in [0.1, 0.15) is 11.1 Å². The number of nitrogens with zero attached hydrogens (tertiary/aromatic N) is 3. The van der Waals surface area contributed by atoms with Gasteiger partial charge >= 0.3 is 0 Å². The largest absolute Gasteiger partial charge is 0.321 e. The van der Waals surface area contributed by atoms with Crippen molar-refractivity contribution in [2.45, 2.75) is 6.54 Å². The molecule has 3 rings (SSSR count). The highest BCUT2D eigenvalue weighted by Crippen LogP contribution is 2.07. The third-order valence-corrected chi connectivity index (χ3v) is 3.18. The summed E-state index contributed by atoms with van der Waals surface area (Å²) in [6.07, 6.45) is 4.96. The summed E-state index contributed by atoms with van der Waals surface area (Å²) in [6, 6.07) is 8.43. The highest BCUT2D eigenvalue weighted by Gasteiger charge is 2.07. The van der Waals surface area contributed by atoms with Crippen molar-refractivity contribution in [3.05, 3.63) is 74.7 Å². The van der Waals surface area contributed by atoms with Gasteiger partial charge in [0.15, 0.2) is 0 Å². The Morgan fingerprint density at radius 3 is 2.90 bits per heavy atom. The van der Waals surface area contributed by atoms with E-state index < -0.39 is 5.56 Å². The smallest absolute Gasteiger partial charge is 0.266 e. The van der Waals surface area contributed by atoms with Crippen LogP contribution >= 0.6 is 0 Å². The molecule has 0 saturated heterocycles. The first-order valence-corrected chi connectivity index (χ1v) is 6.24. The molecule has 0 amide bonds. The summed E-state index contributed by atoms with van der Waals surface area (Å²) in [6.45, 7) is 0.379. The number of nitriles is 1. The number of hydrogen-bond acceptors (Lipinski definition) is 4. The number of H-pyrrole nitrogens is 1. The average Bonchev–Trinajstić information content (AvgIpc) is 2.51. The van der Waals surface area contributed by atoms with Crippen LogP contribution in [0, 0.1) is 11.3 Å². The molecular weight excluding hydrogens is 268 g/mol. The molecule has 6 heteroatoms. The van der Waals surface area contributed by atoms with E-state index in [1.807, 2.05) is 6.07 Å². The summed E-state index contributed by atoms with van der Waals surface area (Å²) in [5.41, 5.74) is 0.493. The summed E-state index contributed by atoms with van der Waals surface area (Å²) in [5.74, 6) is 0. The van der Waals surface area contributed by atoms with Gasteiger partial charge in [-0.3, -0.25) is 14.6 Å². The van der Waals surface area contributed by atoms with Gasteiger partial charge in [0.05, 0.1) is 17.4 Å². The molecule has 0 atom stereocenters. The number of aromatic amines is 1. The summed E-state index contributed by atoms with van der Waals surface area (Å²) in [5, 5.41) is 9.20. The maximum Gasteiger partial charge on any atom is 0.266 e. The van der Waals surface area contributed by atoms with E-state index >= 15 is 0 Å². The summed E-state index contributed by atoms with van der Waals surface area (Å²) in [4.78, 5) is 30.5. The molecule has 0 bridgehead atoms. The fourth-order valence-corrected chi connectivity index (χ4v) is 2.14. The van der Waals surface area contributed by atoms with Crippen molar-refractivity contribution in [2.24, 2.45) is 0 Å². The van der Waals surface area contributed by atoms with Crippen LogP contribution in [-0.2, 0) is 6.54 Å². The van der Waals surface area contributed by atoms with E-state index in [1.54, 1.807) is 36.8 Å². The maximum absolute atomic E-state index is 12.4. The Morgan fingerprint density at radius 2 is 2.19 bits per heavy atom. The Balaban J connectivity index is 2.16. The molecule has 1 N–H and O–H groups in total. The minimum Gasteiger partial charge on any atom is -0.321 e. The van der Waals surface area contributed by atoms with Crippen molar-refractivity contribution in [3.63, 3.8) is 0 Å². The number of aromatic nitrogens is 3. The summed E-state index contributed by atoms with van der Waals surface area (Å²) < 4.78 is 1.51. The molecule has 0 aromatic carbocycles. The second-order valence-corrected chi connectivity index (χ2v) is 4.56. The zero-order valence-corrected chi connectivity index (χ0v) is 10.9. The van der Waals surface area contributed by atoms with Gasteiger partial charge in [0.25, 0.3) is 11.1 Å². The lowest BCUT2D eigenvalue weighted by atomic mass is 10.2. The number of hydrogen-bond donors (Lipinski definition) is 1. The van der Waals surface area contributed by atoms with Gasteiger partial charge < -0.3 is 9.55 Å². The van der Waals surface area contributed by atoms with Crippen molar-refractivity contribution in [1.29, 1.82) is 5.26 Å². The third kappa shape index (κ3) is 2.32. The van der Waals surface area contributed by atoms with E-state index in [9.17, 15) is 9.59 Å². The van der Waals surface area contributed by atoms with Crippen LogP contribution in [0.2, 0.25) is 0 Å². The van der Waals surface area contributed by atoms with Crippen molar-refractivity contribution in [2.75, 3.05) is 0 Å². The molecule has 0 fully saturated rings. The average molecular weight is 278 g/mol. The Labute approximate surface area is 118 Å². The van der Waals surface area contributed by atoms with Crippen LogP contribution in [0.15, 0.2) is 52.4 Å². The first-order valence-electron chi connectivity index (χ1n) is 6.24. The van der Waals surface area contributed by atoms with Gasteiger partial charge in [0.2, 0.25) is 0 Å². The normalized spacial score (nSPS) is 10.4. The highest BCUT2D eigenvalue weighted by atomic mass is 16.1. The number of rotatable bonds is 2. The second-order valence-electron chi connectivity index (χ2n) is 4.56. The lowest BCUT2D eigenvalue weighted by molar-refractivity contribution is 0.764. The summed E-state index contributed by atoms with van der Waals surface area (Å²) >= 11 is 0. The molecule has 0 aliphatic carbocycles. The minimum atomic E-state index is -0.491. The fourth-order valence-electron chi connectivity index (χ4n) is 2.14. The molecule has 0 aliphatic heterocycles. The van der Waals surface area contributed by atoms with E-state index in [-0.39, 0.29) is 11.1 Å².